The molecular weight excluding hydrogens is 328 g/mol. The number of carbonyl (C=O) groups is 2. The van der Waals surface area contributed by atoms with E-state index in [9.17, 15) is 9.59 Å². The Kier molecular flexibility index (Phi) is 6.18. The number of hydrogen-bond acceptors (Lipinski definition) is 3. The molecule has 0 unspecified atom stereocenters. The highest BCUT2D eigenvalue weighted by molar-refractivity contribution is 5.87. The van der Waals surface area contributed by atoms with Crippen molar-refractivity contribution in [1.29, 1.82) is 0 Å². The summed E-state index contributed by atoms with van der Waals surface area (Å²) in [7, 11) is 0. The average molecular weight is 356 g/mol. The van der Waals surface area contributed by atoms with Gasteiger partial charge in [0.1, 0.15) is 0 Å². The molecule has 1 aromatic carbocycles. The number of aryl methyl sites for hydroxylation is 1. The van der Waals surface area contributed by atoms with Crippen LogP contribution in [0.3, 0.4) is 0 Å². The highest BCUT2D eigenvalue weighted by atomic mass is 16.2. The first kappa shape index (κ1) is 19.7. The van der Waals surface area contributed by atoms with Crippen LogP contribution in [-0.4, -0.2) is 28.1 Å². The molecule has 6 nitrogen and oxygen atoms in total. The SMILES string of the molecule is Cc1nn(Cc2ccccc2)c(C)c1CNC(=O)CNC(=O)C(C)(C)C. The van der Waals surface area contributed by atoms with Crippen molar-refractivity contribution in [1.82, 2.24) is 20.4 Å². The number of nitrogens with one attached hydrogen (secondary N) is 2. The Bertz CT molecular complexity index is 773. The number of benzene rings is 1. The summed E-state index contributed by atoms with van der Waals surface area (Å²) in [6.45, 7) is 10.5. The van der Waals surface area contributed by atoms with Gasteiger partial charge in [0.05, 0.1) is 18.8 Å². The minimum Gasteiger partial charge on any atom is -0.350 e. The molecular formula is C20H28N4O2. The van der Waals surface area contributed by atoms with E-state index in [1.165, 1.54) is 5.56 Å². The number of nitrogens with zero attached hydrogens (tertiary/aromatic N) is 2. The van der Waals surface area contributed by atoms with Gasteiger partial charge in [-0.15, -0.1) is 0 Å². The second kappa shape index (κ2) is 8.17. The van der Waals surface area contributed by atoms with Crippen LogP contribution in [0.15, 0.2) is 30.3 Å². The van der Waals surface area contributed by atoms with E-state index in [1.807, 2.05) is 57.5 Å². The molecule has 0 spiro atoms. The van der Waals surface area contributed by atoms with Crippen molar-refractivity contribution in [3.63, 3.8) is 0 Å². The molecule has 0 aliphatic heterocycles. The lowest BCUT2D eigenvalue weighted by atomic mass is 9.96. The normalized spacial score (nSPS) is 11.3. The van der Waals surface area contributed by atoms with Crippen LogP contribution in [0.4, 0.5) is 0 Å². The molecule has 0 radical (unpaired) electrons. The Morgan fingerprint density at radius 1 is 1.08 bits per heavy atom. The molecule has 1 aromatic heterocycles. The van der Waals surface area contributed by atoms with Gasteiger partial charge < -0.3 is 10.6 Å². The summed E-state index contributed by atoms with van der Waals surface area (Å²) in [5.41, 5.74) is 3.62. The lowest BCUT2D eigenvalue weighted by Crippen LogP contribution is -2.41. The summed E-state index contributed by atoms with van der Waals surface area (Å²) in [6.07, 6.45) is 0. The van der Waals surface area contributed by atoms with Crippen molar-refractivity contribution < 1.29 is 9.59 Å². The van der Waals surface area contributed by atoms with Crippen LogP contribution in [0.25, 0.3) is 0 Å². The Balaban J connectivity index is 1.93. The Morgan fingerprint density at radius 3 is 2.35 bits per heavy atom. The number of aromatic nitrogens is 2. The molecule has 0 saturated carbocycles. The zero-order valence-corrected chi connectivity index (χ0v) is 16.2. The summed E-state index contributed by atoms with van der Waals surface area (Å²) in [5, 5.41) is 10.1. The van der Waals surface area contributed by atoms with Crippen LogP contribution in [0.1, 0.15) is 43.3 Å². The zero-order chi connectivity index (χ0) is 19.3. The molecule has 2 rings (SSSR count). The molecule has 2 amide bonds. The van der Waals surface area contributed by atoms with Gasteiger partial charge in [0.2, 0.25) is 11.8 Å². The molecule has 0 atom stereocenters. The smallest absolute Gasteiger partial charge is 0.239 e. The summed E-state index contributed by atoms with van der Waals surface area (Å²) < 4.78 is 1.95. The van der Waals surface area contributed by atoms with E-state index in [-0.39, 0.29) is 18.4 Å². The summed E-state index contributed by atoms with van der Waals surface area (Å²) in [4.78, 5) is 23.8. The van der Waals surface area contributed by atoms with E-state index in [0.29, 0.717) is 13.1 Å². The van der Waals surface area contributed by atoms with Crippen LogP contribution >= 0.6 is 0 Å². The van der Waals surface area contributed by atoms with Crippen LogP contribution in [0.5, 0.6) is 0 Å². The van der Waals surface area contributed by atoms with Crippen molar-refractivity contribution in [3.05, 3.63) is 52.8 Å². The van der Waals surface area contributed by atoms with Gasteiger partial charge in [-0.3, -0.25) is 14.3 Å². The van der Waals surface area contributed by atoms with Crippen molar-refractivity contribution >= 4 is 11.8 Å². The zero-order valence-electron chi connectivity index (χ0n) is 16.2. The monoisotopic (exact) mass is 356 g/mol. The summed E-state index contributed by atoms with van der Waals surface area (Å²) in [5.74, 6) is -0.354. The molecule has 1 heterocycles. The van der Waals surface area contributed by atoms with Gasteiger partial charge in [0, 0.05) is 23.2 Å². The third-order valence-electron chi connectivity index (χ3n) is 4.26. The van der Waals surface area contributed by atoms with E-state index in [1.54, 1.807) is 0 Å². The summed E-state index contributed by atoms with van der Waals surface area (Å²) in [6, 6.07) is 10.1. The highest BCUT2D eigenvalue weighted by Gasteiger charge is 2.21. The maximum atomic E-state index is 12.0. The fourth-order valence-corrected chi connectivity index (χ4v) is 2.58. The Labute approximate surface area is 155 Å². The van der Waals surface area contributed by atoms with E-state index in [4.69, 9.17) is 0 Å². The van der Waals surface area contributed by atoms with E-state index in [0.717, 1.165) is 17.0 Å². The van der Waals surface area contributed by atoms with Crippen LogP contribution in [0, 0.1) is 19.3 Å². The predicted molar refractivity (Wildman–Crippen MR) is 102 cm³/mol. The summed E-state index contributed by atoms with van der Waals surface area (Å²) >= 11 is 0. The standard InChI is InChI=1S/C20H28N4O2/c1-14-17(11-21-18(25)12-22-19(26)20(3,4)5)15(2)24(23-14)13-16-9-7-6-8-10-16/h6-10H,11-13H2,1-5H3,(H,21,25)(H,22,26). The third kappa shape index (κ3) is 5.18. The molecule has 0 aliphatic rings. The minimum absolute atomic E-state index is 0.0215. The van der Waals surface area contributed by atoms with E-state index in [2.05, 4.69) is 27.9 Å². The van der Waals surface area contributed by atoms with Gasteiger partial charge in [-0.25, -0.2) is 0 Å². The van der Waals surface area contributed by atoms with Gasteiger partial charge in [-0.1, -0.05) is 51.1 Å². The predicted octanol–water partition coefficient (Wildman–Crippen LogP) is 2.33. The molecule has 0 aliphatic carbocycles. The third-order valence-corrected chi connectivity index (χ3v) is 4.26. The number of amides is 2. The average Bonchev–Trinajstić information content (AvgIpc) is 2.84. The van der Waals surface area contributed by atoms with Gasteiger partial charge in [-0.05, 0) is 19.4 Å². The van der Waals surface area contributed by atoms with Crippen molar-refractivity contribution in [2.24, 2.45) is 5.41 Å². The number of rotatable bonds is 6. The second-order valence-corrected chi connectivity index (χ2v) is 7.50. The maximum Gasteiger partial charge on any atom is 0.239 e. The van der Waals surface area contributed by atoms with Gasteiger partial charge in [0.15, 0.2) is 0 Å². The molecule has 26 heavy (non-hydrogen) atoms. The molecule has 0 bridgehead atoms. The van der Waals surface area contributed by atoms with Crippen molar-refractivity contribution in [2.45, 2.75) is 47.7 Å². The van der Waals surface area contributed by atoms with E-state index >= 15 is 0 Å². The Hall–Kier alpha value is -2.63. The first-order valence-corrected chi connectivity index (χ1v) is 8.80. The quantitative estimate of drug-likeness (QED) is 0.834. The molecule has 6 heteroatoms. The molecule has 2 N–H and O–H groups in total. The van der Waals surface area contributed by atoms with Crippen LogP contribution in [-0.2, 0) is 22.7 Å². The first-order chi connectivity index (χ1) is 12.2. The highest BCUT2D eigenvalue weighted by Crippen LogP contribution is 2.15. The van der Waals surface area contributed by atoms with Gasteiger partial charge >= 0.3 is 0 Å². The lowest BCUT2D eigenvalue weighted by Gasteiger charge is -2.17. The largest absolute Gasteiger partial charge is 0.350 e. The number of hydrogen-bond donors (Lipinski definition) is 2. The van der Waals surface area contributed by atoms with Crippen molar-refractivity contribution in [2.75, 3.05) is 6.54 Å². The van der Waals surface area contributed by atoms with E-state index < -0.39 is 5.41 Å². The maximum absolute atomic E-state index is 12.0. The lowest BCUT2D eigenvalue weighted by molar-refractivity contribution is -0.131. The molecule has 140 valence electrons. The molecule has 0 fully saturated rings. The van der Waals surface area contributed by atoms with Gasteiger partial charge in [0.25, 0.3) is 0 Å². The number of carbonyl (C=O) groups excluding carboxylic acids is 2. The van der Waals surface area contributed by atoms with Crippen LogP contribution < -0.4 is 10.6 Å². The Morgan fingerprint density at radius 2 is 1.73 bits per heavy atom. The minimum atomic E-state index is -0.508. The fraction of sp³-hybridized carbons (Fsp3) is 0.450. The van der Waals surface area contributed by atoms with Crippen LogP contribution in [0.2, 0.25) is 0 Å². The van der Waals surface area contributed by atoms with Crippen molar-refractivity contribution in [3.8, 4) is 0 Å². The molecule has 0 saturated heterocycles. The first-order valence-electron chi connectivity index (χ1n) is 8.80. The topological polar surface area (TPSA) is 76.0 Å². The van der Waals surface area contributed by atoms with Gasteiger partial charge in [-0.2, -0.15) is 5.10 Å². The fourth-order valence-electron chi connectivity index (χ4n) is 2.58. The second-order valence-electron chi connectivity index (χ2n) is 7.50. The molecule has 2 aromatic rings.